The zero-order chi connectivity index (χ0) is 9.26. The summed E-state index contributed by atoms with van der Waals surface area (Å²) >= 11 is 8.49. The molecule has 0 N–H and O–H groups in total. The molecule has 1 aromatic heterocycles. The van der Waals surface area contributed by atoms with Gasteiger partial charge in [-0.15, -0.1) is 0 Å². The SMILES string of the molecule is BrC(Br)Cc1nsc2ccccc12. The van der Waals surface area contributed by atoms with Crippen LogP contribution in [0.1, 0.15) is 5.69 Å². The van der Waals surface area contributed by atoms with Gasteiger partial charge in [-0.2, -0.15) is 4.37 Å². The van der Waals surface area contributed by atoms with Crippen molar-refractivity contribution in [3.63, 3.8) is 0 Å². The molecule has 0 saturated heterocycles. The molecule has 0 amide bonds. The van der Waals surface area contributed by atoms with Crippen molar-refractivity contribution in [3.05, 3.63) is 30.0 Å². The van der Waals surface area contributed by atoms with Crippen LogP contribution in [0.25, 0.3) is 10.1 Å². The number of alkyl halides is 2. The van der Waals surface area contributed by atoms with Crippen molar-refractivity contribution in [1.29, 1.82) is 0 Å². The highest BCUT2D eigenvalue weighted by Gasteiger charge is 2.08. The van der Waals surface area contributed by atoms with Gasteiger partial charge in [0.2, 0.25) is 0 Å². The third-order valence-corrected chi connectivity index (χ3v) is 3.31. The van der Waals surface area contributed by atoms with Gasteiger partial charge < -0.3 is 0 Å². The first kappa shape index (κ1) is 9.62. The van der Waals surface area contributed by atoms with Crippen molar-refractivity contribution in [2.45, 2.75) is 10.2 Å². The molecule has 0 bridgehead atoms. The van der Waals surface area contributed by atoms with E-state index in [0.717, 1.165) is 6.42 Å². The van der Waals surface area contributed by atoms with Crippen LogP contribution in [-0.2, 0) is 6.42 Å². The summed E-state index contributed by atoms with van der Waals surface area (Å²) in [7, 11) is 0. The summed E-state index contributed by atoms with van der Waals surface area (Å²) in [6, 6.07) is 8.33. The Bertz CT molecular complexity index is 411. The fraction of sp³-hybridized carbons (Fsp3) is 0.222. The third-order valence-electron chi connectivity index (χ3n) is 1.80. The molecule has 0 aliphatic rings. The van der Waals surface area contributed by atoms with Gasteiger partial charge in [-0.05, 0) is 17.6 Å². The summed E-state index contributed by atoms with van der Waals surface area (Å²) in [4.78, 5) is 0. The van der Waals surface area contributed by atoms with Gasteiger partial charge in [0, 0.05) is 11.8 Å². The highest BCUT2D eigenvalue weighted by atomic mass is 79.9. The number of nitrogens with zero attached hydrogens (tertiary/aromatic N) is 1. The molecular formula is C9H7Br2NS. The minimum absolute atomic E-state index is 0.311. The van der Waals surface area contributed by atoms with Gasteiger partial charge in [0.05, 0.1) is 14.1 Å². The van der Waals surface area contributed by atoms with E-state index in [1.807, 2.05) is 6.07 Å². The number of hydrogen-bond donors (Lipinski definition) is 0. The van der Waals surface area contributed by atoms with Crippen molar-refractivity contribution < 1.29 is 0 Å². The van der Waals surface area contributed by atoms with Crippen molar-refractivity contribution >= 4 is 53.5 Å². The maximum Gasteiger partial charge on any atom is 0.0753 e. The normalized spacial score (nSPS) is 11.3. The lowest BCUT2D eigenvalue weighted by atomic mass is 10.2. The summed E-state index contributed by atoms with van der Waals surface area (Å²) in [5.74, 6) is 0. The highest BCUT2D eigenvalue weighted by Crippen LogP contribution is 2.25. The molecule has 0 fully saturated rings. The van der Waals surface area contributed by atoms with Crippen LogP contribution in [0.3, 0.4) is 0 Å². The van der Waals surface area contributed by atoms with E-state index < -0.39 is 0 Å². The zero-order valence-electron chi connectivity index (χ0n) is 6.71. The summed E-state index contributed by atoms with van der Waals surface area (Å²) in [6.07, 6.45) is 0.921. The average molecular weight is 321 g/mol. The van der Waals surface area contributed by atoms with Crippen LogP contribution in [0.2, 0.25) is 0 Å². The number of aromatic nitrogens is 1. The number of hydrogen-bond acceptors (Lipinski definition) is 2. The highest BCUT2D eigenvalue weighted by molar-refractivity contribution is 9.24. The second-order valence-electron chi connectivity index (χ2n) is 2.72. The molecule has 0 atom stereocenters. The van der Waals surface area contributed by atoms with Crippen LogP contribution in [0.4, 0.5) is 0 Å². The van der Waals surface area contributed by atoms with Crippen molar-refractivity contribution in [3.8, 4) is 0 Å². The monoisotopic (exact) mass is 319 g/mol. The Hall–Kier alpha value is 0.0700. The van der Waals surface area contributed by atoms with E-state index in [0.29, 0.717) is 3.74 Å². The Labute approximate surface area is 97.6 Å². The van der Waals surface area contributed by atoms with E-state index in [1.165, 1.54) is 15.8 Å². The Morgan fingerprint density at radius 2 is 2.08 bits per heavy atom. The van der Waals surface area contributed by atoms with Crippen LogP contribution in [-0.4, -0.2) is 8.11 Å². The Morgan fingerprint density at radius 1 is 1.31 bits per heavy atom. The first-order valence-corrected chi connectivity index (χ1v) is 6.49. The standard InChI is InChI=1S/C9H7Br2NS/c10-9(11)5-7-6-3-1-2-4-8(6)13-12-7/h1-4,9H,5H2. The quantitative estimate of drug-likeness (QED) is 0.763. The predicted molar refractivity (Wildman–Crippen MR) is 65.0 cm³/mol. The molecule has 2 aromatic rings. The third kappa shape index (κ3) is 2.11. The molecule has 1 aromatic carbocycles. The largest absolute Gasteiger partial charge is 0.196 e. The molecule has 0 aliphatic carbocycles. The van der Waals surface area contributed by atoms with Gasteiger partial charge in [-0.25, -0.2) is 0 Å². The average Bonchev–Trinajstić information content (AvgIpc) is 2.48. The lowest BCUT2D eigenvalue weighted by Crippen LogP contribution is -1.92. The van der Waals surface area contributed by atoms with Gasteiger partial charge in [0.1, 0.15) is 0 Å². The van der Waals surface area contributed by atoms with E-state index >= 15 is 0 Å². The minimum atomic E-state index is 0.311. The van der Waals surface area contributed by atoms with Gasteiger partial charge >= 0.3 is 0 Å². The first-order valence-electron chi connectivity index (χ1n) is 3.89. The molecule has 4 heteroatoms. The van der Waals surface area contributed by atoms with Crippen molar-refractivity contribution in [2.24, 2.45) is 0 Å². The van der Waals surface area contributed by atoms with Crippen LogP contribution < -0.4 is 0 Å². The number of fused-ring (bicyclic) bond motifs is 1. The lowest BCUT2D eigenvalue weighted by Gasteiger charge is -1.97. The number of halogens is 2. The topological polar surface area (TPSA) is 12.9 Å². The van der Waals surface area contributed by atoms with Gasteiger partial charge in [0.25, 0.3) is 0 Å². The molecule has 1 nitrogen and oxygen atoms in total. The second-order valence-corrected chi connectivity index (χ2v) is 6.97. The van der Waals surface area contributed by atoms with Gasteiger partial charge in [-0.3, -0.25) is 0 Å². The lowest BCUT2D eigenvalue weighted by molar-refractivity contribution is 1.10. The van der Waals surface area contributed by atoms with Crippen LogP contribution in [0, 0.1) is 0 Å². The van der Waals surface area contributed by atoms with E-state index in [1.54, 1.807) is 11.5 Å². The predicted octanol–water partition coefficient (Wildman–Crippen LogP) is 3.95. The Morgan fingerprint density at radius 3 is 2.85 bits per heavy atom. The van der Waals surface area contributed by atoms with Gasteiger partial charge in [0.15, 0.2) is 0 Å². The molecule has 0 saturated carbocycles. The Kier molecular flexibility index (Phi) is 3.01. The molecule has 1 heterocycles. The van der Waals surface area contributed by atoms with Crippen LogP contribution >= 0.6 is 43.4 Å². The molecule has 13 heavy (non-hydrogen) atoms. The summed E-state index contributed by atoms with van der Waals surface area (Å²) in [5, 5.41) is 1.27. The second kappa shape index (κ2) is 4.07. The molecule has 0 aliphatic heterocycles. The molecule has 68 valence electrons. The smallest absolute Gasteiger partial charge is 0.0753 e. The summed E-state index contributed by atoms with van der Waals surface area (Å²) in [6.45, 7) is 0. The molecular weight excluding hydrogens is 314 g/mol. The maximum absolute atomic E-state index is 4.42. The summed E-state index contributed by atoms with van der Waals surface area (Å²) in [5.41, 5.74) is 1.17. The van der Waals surface area contributed by atoms with Crippen molar-refractivity contribution in [1.82, 2.24) is 4.37 Å². The minimum Gasteiger partial charge on any atom is -0.196 e. The Balaban J connectivity index is 2.46. The van der Waals surface area contributed by atoms with E-state index in [-0.39, 0.29) is 0 Å². The molecule has 2 rings (SSSR count). The molecule has 0 spiro atoms. The summed E-state index contributed by atoms with van der Waals surface area (Å²) < 4.78 is 5.99. The zero-order valence-corrected chi connectivity index (χ0v) is 10.7. The maximum atomic E-state index is 4.42. The molecule has 0 radical (unpaired) electrons. The van der Waals surface area contributed by atoms with E-state index in [9.17, 15) is 0 Å². The van der Waals surface area contributed by atoms with Crippen LogP contribution in [0.5, 0.6) is 0 Å². The fourth-order valence-corrected chi connectivity index (χ4v) is 2.65. The molecule has 0 unspecified atom stereocenters. The number of benzene rings is 1. The van der Waals surface area contributed by atoms with Crippen molar-refractivity contribution in [2.75, 3.05) is 0 Å². The van der Waals surface area contributed by atoms with Crippen LogP contribution in [0.15, 0.2) is 24.3 Å². The van der Waals surface area contributed by atoms with E-state index in [2.05, 4.69) is 54.4 Å². The first-order chi connectivity index (χ1) is 6.27. The van der Waals surface area contributed by atoms with Gasteiger partial charge in [-0.1, -0.05) is 50.1 Å². The van der Waals surface area contributed by atoms with E-state index in [4.69, 9.17) is 0 Å². The number of rotatable bonds is 2. The fourth-order valence-electron chi connectivity index (χ4n) is 1.23.